The SMILES string of the molecule is C[n+]1[c-]n(-c2[c-]ccc(F)c2)c2ccccc21.C[n+]1[c-]n(-c2[c-]ccc(F)c2)c2ccccc21.FC(F)(F)c1n[n-]c(-c2ccccn2)n1.[Ir]. The normalized spacial score (nSPS) is 10.9. The first-order chi connectivity index (χ1) is 23.6. The van der Waals surface area contributed by atoms with Gasteiger partial charge in [0.05, 0.1) is 41.9 Å². The van der Waals surface area contributed by atoms with Crippen LogP contribution in [0.4, 0.5) is 22.0 Å². The number of benzene rings is 4. The predicted molar refractivity (Wildman–Crippen MR) is 168 cm³/mol. The molecule has 0 saturated heterocycles. The summed E-state index contributed by atoms with van der Waals surface area (Å²) < 4.78 is 70.2. The molecule has 8 aromatic rings. The molecule has 0 spiro atoms. The Hall–Kier alpha value is -5.59. The Kier molecular flexibility index (Phi) is 10.9. The minimum absolute atomic E-state index is 0. The molecule has 0 bridgehead atoms. The van der Waals surface area contributed by atoms with Crippen LogP contribution in [0.5, 0.6) is 0 Å². The number of rotatable bonds is 3. The molecule has 0 aliphatic rings. The second-order valence-corrected chi connectivity index (χ2v) is 10.4. The summed E-state index contributed by atoms with van der Waals surface area (Å²) >= 11 is 0. The third kappa shape index (κ3) is 7.99. The number of aromatic nitrogens is 8. The number of hydrogen-bond donors (Lipinski definition) is 0. The van der Waals surface area contributed by atoms with Crippen LogP contribution in [0.1, 0.15) is 5.82 Å². The fraction of sp³-hybridized carbons (Fsp3) is 0.0833. The van der Waals surface area contributed by atoms with E-state index in [-0.39, 0.29) is 43.3 Å². The predicted octanol–water partition coefficient (Wildman–Crippen LogP) is 5.90. The van der Waals surface area contributed by atoms with E-state index in [1.807, 2.05) is 71.8 Å². The Morgan fingerprint density at radius 3 is 1.64 bits per heavy atom. The molecule has 255 valence electrons. The summed E-state index contributed by atoms with van der Waals surface area (Å²) in [5.41, 5.74) is 5.63. The maximum atomic E-state index is 13.2. The third-order valence-corrected chi connectivity index (χ3v) is 7.05. The van der Waals surface area contributed by atoms with Crippen molar-refractivity contribution in [2.45, 2.75) is 6.18 Å². The Morgan fingerprint density at radius 1 is 0.700 bits per heavy atom. The molecular weight excluding hydrogens is 832 g/mol. The van der Waals surface area contributed by atoms with Gasteiger partial charge in [-0.3, -0.25) is 10.1 Å². The van der Waals surface area contributed by atoms with Crippen molar-refractivity contribution >= 4 is 22.1 Å². The van der Waals surface area contributed by atoms with Crippen LogP contribution in [0.25, 0.3) is 45.0 Å². The van der Waals surface area contributed by atoms with Gasteiger partial charge >= 0.3 is 6.18 Å². The number of imidazole rings is 2. The molecule has 4 aromatic carbocycles. The monoisotopic (exact) mass is 856 g/mol. The molecule has 4 aromatic heterocycles. The van der Waals surface area contributed by atoms with Crippen molar-refractivity contribution in [2.24, 2.45) is 14.1 Å². The molecule has 0 aliphatic heterocycles. The third-order valence-electron chi connectivity index (χ3n) is 7.05. The Morgan fingerprint density at radius 2 is 1.20 bits per heavy atom. The number of halogens is 5. The van der Waals surface area contributed by atoms with Gasteiger partial charge in [-0.05, 0) is 18.0 Å². The van der Waals surface area contributed by atoms with Crippen LogP contribution in [0, 0.1) is 36.4 Å². The summed E-state index contributed by atoms with van der Waals surface area (Å²) in [5, 5.41) is 6.25. The molecular formula is C36H24F5IrN8-3. The van der Waals surface area contributed by atoms with Gasteiger partial charge in [-0.25, -0.2) is 8.78 Å². The van der Waals surface area contributed by atoms with Crippen molar-refractivity contribution in [3.05, 3.63) is 152 Å². The van der Waals surface area contributed by atoms with Gasteiger partial charge in [-0.1, -0.05) is 66.0 Å². The van der Waals surface area contributed by atoms with E-state index < -0.39 is 12.0 Å². The molecule has 8 nitrogen and oxygen atoms in total. The molecule has 0 atom stereocenters. The van der Waals surface area contributed by atoms with Gasteiger partial charge in [-0.15, -0.1) is 24.3 Å². The van der Waals surface area contributed by atoms with Crippen LogP contribution >= 0.6 is 0 Å². The molecule has 0 saturated carbocycles. The topological polar surface area (TPSA) is 70.4 Å². The molecule has 0 aliphatic carbocycles. The average Bonchev–Trinajstić information content (AvgIpc) is 3.83. The van der Waals surface area contributed by atoms with Gasteiger partial charge < -0.3 is 28.4 Å². The smallest absolute Gasteiger partial charge is 0.413 e. The van der Waals surface area contributed by atoms with Crippen LogP contribution in [0.15, 0.2) is 109 Å². The maximum absolute atomic E-state index is 13.2. The first-order valence-corrected chi connectivity index (χ1v) is 14.6. The first kappa shape index (κ1) is 35.7. The fourth-order valence-electron chi connectivity index (χ4n) is 4.83. The van der Waals surface area contributed by atoms with Crippen molar-refractivity contribution in [3.8, 4) is 22.9 Å². The van der Waals surface area contributed by atoms with Crippen LogP contribution < -0.4 is 14.2 Å². The number of fused-ring (bicyclic) bond motifs is 2. The van der Waals surface area contributed by atoms with Crippen LogP contribution in [-0.2, 0) is 40.4 Å². The second-order valence-electron chi connectivity index (χ2n) is 10.4. The molecule has 4 heterocycles. The maximum Gasteiger partial charge on any atom is 0.429 e. The molecule has 8 rings (SSSR count). The van der Waals surface area contributed by atoms with E-state index >= 15 is 0 Å². The number of aryl methyl sites for hydroxylation is 2. The van der Waals surface area contributed by atoms with Gasteiger partial charge in [0, 0.05) is 37.9 Å². The van der Waals surface area contributed by atoms with Crippen LogP contribution in [0.3, 0.4) is 0 Å². The number of alkyl halides is 3. The van der Waals surface area contributed by atoms with E-state index in [9.17, 15) is 22.0 Å². The molecule has 1 radical (unpaired) electrons. The van der Waals surface area contributed by atoms with Crippen molar-refractivity contribution in [2.75, 3.05) is 0 Å². The van der Waals surface area contributed by atoms with Crippen LogP contribution in [0.2, 0.25) is 0 Å². The van der Waals surface area contributed by atoms with Gasteiger partial charge in [0.2, 0.25) is 12.7 Å². The van der Waals surface area contributed by atoms with Crippen molar-refractivity contribution in [1.82, 2.24) is 29.3 Å². The zero-order valence-electron chi connectivity index (χ0n) is 26.2. The molecule has 50 heavy (non-hydrogen) atoms. The molecule has 0 unspecified atom stereocenters. The van der Waals surface area contributed by atoms with Gasteiger partial charge in [0.15, 0.2) is 0 Å². The summed E-state index contributed by atoms with van der Waals surface area (Å²) in [4.78, 5) is 7.05. The van der Waals surface area contributed by atoms with Crippen molar-refractivity contribution < 1.29 is 51.2 Å². The van der Waals surface area contributed by atoms with E-state index in [1.165, 1.54) is 36.5 Å². The van der Waals surface area contributed by atoms with E-state index in [2.05, 4.69) is 45.0 Å². The summed E-state index contributed by atoms with van der Waals surface area (Å²) in [5.74, 6) is -1.91. The van der Waals surface area contributed by atoms with Gasteiger partial charge in [0.1, 0.15) is 5.82 Å². The molecule has 0 amide bonds. The average molecular weight is 856 g/mol. The van der Waals surface area contributed by atoms with E-state index in [0.29, 0.717) is 11.4 Å². The largest absolute Gasteiger partial charge is 0.429 e. The first-order valence-electron chi connectivity index (χ1n) is 14.6. The zero-order chi connectivity index (χ0) is 34.5. The minimum atomic E-state index is -4.57. The number of para-hydroxylation sites is 4. The van der Waals surface area contributed by atoms with Crippen molar-refractivity contribution in [3.63, 3.8) is 0 Å². The van der Waals surface area contributed by atoms with E-state index in [1.54, 1.807) is 33.4 Å². The summed E-state index contributed by atoms with van der Waals surface area (Å²) in [6.07, 6.45) is 3.14. The molecule has 14 heteroatoms. The Labute approximate surface area is 296 Å². The van der Waals surface area contributed by atoms with Gasteiger partial charge in [0.25, 0.3) is 0 Å². The zero-order valence-corrected chi connectivity index (χ0v) is 28.6. The fourth-order valence-corrected chi connectivity index (χ4v) is 4.83. The minimum Gasteiger partial charge on any atom is -0.413 e. The quantitative estimate of drug-likeness (QED) is 0.126. The number of hydrogen-bond acceptors (Lipinski definition) is 3. The van der Waals surface area contributed by atoms with Crippen LogP contribution in [-0.4, -0.2) is 24.2 Å². The summed E-state index contributed by atoms with van der Waals surface area (Å²) in [6, 6.07) is 35.4. The summed E-state index contributed by atoms with van der Waals surface area (Å²) in [7, 11) is 3.83. The second kappa shape index (κ2) is 15.3. The molecule has 0 N–H and O–H groups in total. The van der Waals surface area contributed by atoms with Gasteiger partial charge in [-0.2, -0.15) is 37.4 Å². The number of nitrogens with zero attached hydrogens (tertiary/aromatic N) is 8. The number of pyridine rings is 1. The van der Waals surface area contributed by atoms with Crippen molar-refractivity contribution in [1.29, 1.82) is 0 Å². The standard InChI is InChI=1S/2C14H10FN2.C8H4F3N4.Ir/c2*1-16-10-17(12-6-4-5-11(15)9-12)14-8-3-2-7-13(14)16;9-8(10,11)7-13-6(14-15-7)5-3-1-2-4-12-5;/h2*2-5,7-9H,1H3;1-4H;/q3*-1;. The van der Waals surface area contributed by atoms with E-state index in [0.717, 1.165) is 22.1 Å². The molecule has 0 fully saturated rings. The Bertz CT molecular complexity index is 2230. The Balaban J connectivity index is 0.000000145. The summed E-state index contributed by atoms with van der Waals surface area (Å²) in [6.45, 7) is 0. The van der Waals surface area contributed by atoms with E-state index in [4.69, 9.17) is 0 Å².